The zero-order valence-corrected chi connectivity index (χ0v) is 19.1. The molecule has 2 heterocycles. The van der Waals surface area contributed by atoms with Crippen molar-refractivity contribution in [2.75, 3.05) is 36.2 Å². The van der Waals surface area contributed by atoms with Gasteiger partial charge in [-0.05, 0) is 61.1 Å². The molecule has 0 unspecified atom stereocenters. The van der Waals surface area contributed by atoms with Crippen LogP contribution in [0.4, 0.5) is 11.5 Å². The predicted octanol–water partition coefficient (Wildman–Crippen LogP) is 4.68. The second kappa shape index (κ2) is 11.0. The monoisotopic (exact) mass is 448 g/mol. The molecule has 0 atom stereocenters. The Labute approximate surface area is 193 Å². The van der Waals surface area contributed by atoms with Crippen LogP contribution in [0.1, 0.15) is 18.4 Å². The van der Waals surface area contributed by atoms with E-state index in [0.29, 0.717) is 11.1 Å². The van der Waals surface area contributed by atoms with E-state index >= 15 is 0 Å². The Bertz CT molecular complexity index is 1010. The van der Waals surface area contributed by atoms with Crippen LogP contribution >= 0.6 is 11.8 Å². The summed E-state index contributed by atoms with van der Waals surface area (Å²) >= 11 is 1.35. The summed E-state index contributed by atoms with van der Waals surface area (Å²) < 4.78 is 5.14. The summed E-state index contributed by atoms with van der Waals surface area (Å²) in [5.74, 6) is 2.58. The molecule has 0 radical (unpaired) electrons. The quantitative estimate of drug-likeness (QED) is 0.399. The van der Waals surface area contributed by atoms with Gasteiger partial charge in [0.25, 0.3) is 0 Å². The first-order valence-electron chi connectivity index (χ1n) is 10.9. The van der Waals surface area contributed by atoms with Crippen molar-refractivity contribution < 1.29 is 9.53 Å². The molecule has 0 aliphatic carbocycles. The van der Waals surface area contributed by atoms with Gasteiger partial charge in [0.1, 0.15) is 11.6 Å². The minimum absolute atomic E-state index is 0.0871. The van der Waals surface area contributed by atoms with Crippen molar-refractivity contribution in [1.82, 2.24) is 9.97 Å². The summed E-state index contributed by atoms with van der Waals surface area (Å²) in [6, 6.07) is 20.0. The van der Waals surface area contributed by atoms with E-state index in [1.54, 1.807) is 13.3 Å². The summed E-state index contributed by atoms with van der Waals surface area (Å²) in [7, 11) is 1.62. The SMILES string of the molecule is COc1ccc(NC(=O)CSc2nccc(N3CCC(Cc4ccccc4)CC3)n2)cc1. The van der Waals surface area contributed by atoms with Crippen LogP contribution in [0, 0.1) is 5.92 Å². The maximum atomic E-state index is 12.3. The number of benzene rings is 2. The lowest BCUT2D eigenvalue weighted by Gasteiger charge is -2.33. The Morgan fingerprint density at radius 3 is 2.56 bits per heavy atom. The van der Waals surface area contributed by atoms with Crippen LogP contribution < -0.4 is 15.0 Å². The Hall–Kier alpha value is -3.06. The third-order valence-electron chi connectivity index (χ3n) is 5.63. The average molecular weight is 449 g/mol. The van der Waals surface area contributed by atoms with Crippen molar-refractivity contribution in [2.24, 2.45) is 5.92 Å². The Balaban J connectivity index is 1.25. The fourth-order valence-electron chi connectivity index (χ4n) is 3.89. The highest BCUT2D eigenvalue weighted by Gasteiger charge is 2.21. The molecule has 3 aromatic rings. The third-order valence-corrected chi connectivity index (χ3v) is 6.49. The van der Waals surface area contributed by atoms with Gasteiger partial charge in [-0.25, -0.2) is 9.97 Å². The first-order valence-corrected chi connectivity index (χ1v) is 11.9. The van der Waals surface area contributed by atoms with Crippen molar-refractivity contribution >= 4 is 29.2 Å². The number of ether oxygens (including phenoxy) is 1. The van der Waals surface area contributed by atoms with Gasteiger partial charge in [0.2, 0.25) is 5.91 Å². The van der Waals surface area contributed by atoms with E-state index in [2.05, 4.69) is 50.5 Å². The molecular formula is C25H28N4O2S. The number of piperidine rings is 1. The predicted molar refractivity (Wildman–Crippen MR) is 129 cm³/mol. The molecule has 1 aromatic heterocycles. The molecule has 7 heteroatoms. The van der Waals surface area contributed by atoms with Gasteiger partial charge in [0.05, 0.1) is 12.9 Å². The largest absolute Gasteiger partial charge is 0.497 e. The topological polar surface area (TPSA) is 67.3 Å². The van der Waals surface area contributed by atoms with Crippen LogP contribution in [0.5, 0.6) is 5.75 Å². The minimum atomic E-state index is -0.0871. The van der Waals surface area contributed by atoms with Crippen molar-refractivity contribution in [3.8, 4) is 5.75 Å². The van der Waals surface area contributed by atoms with Gasteiger partial charge in [0.15, 0.2) is 5.16 Å². The van der Waals surface area contributed by atoms with Gasteiger partial charge >= 0.3 is 0 Å². The summed E-state index contributed by atoms with van der Waals surface area (Å²) in [6.07, 6.45) is 5.24. The standard InChI is InChI=1S/C25H28N4O2S/c1-31-22-9-7-21(8-10-22)27-24(30)18-32-25-26-14-11-23(28-25)29-15-12-20(13-16-29)17-19-5-3-2-4-6-19/h2-11,14,20H,12-13,15-18H2,1H3,(H,27,30). The lowest BCUT2D eigenvalue weighted by atomic mass is 9.90. The average Bonchev–Trinajstić information content (AvgIpc) is 2.84. The summed E-state index contributed by atoms with van der Waals surface area (Å²) in [6.45, 7) is 1.99. The number of rotatable bonds is 8. The molecule has 32 heavy (non-hydrogen) atoms. The molecule has 1 amide bonds. The highest BCUT2D eigenvalue weighted by Crippen LogP contribution is 2.26. The zero-order valence-electron chi connectivity index (χ0n) is 18.2. The molecule has 6 nitrogen and oxygen atoms in total. The Kier molecular flexibility index (Phi) is 7.61. The maximum absolute atomic E-state index is 12.3. The van der Waals surface area contributed by atoms with E-state index in [1.807, 2.05) is 30.3 Å². The lowest BCUT2D eigenvalue weighted by Crippen LogP contribution is -2.35. The summed E-state index contributed by atoms with van der Waals surface area (Å²) in [5, 5.41) is 3.51. The zero-order chi connectivity index (χ0) is 22.2. The van der Waals surface area contributed by atoms with E-state index in [4.69, 9.17) is 4.74 Å². The number of thioether (sulfide) groups is 1. The Morgan fingerprint density at radius 1 is 1.09 bits per heavy atom. The van der Waals surface area contributed by atoms with Crippen LogP contribution in [-0.4, -0.2) is 41.8 Å². The molecule has 1 N–H and O–H groups in total. The van der Waals surface area contributed by atoms with E-state index in [1.165, 1.54) is 17.3 Å². The molecule has 1 aliphatic heterocycles. The fourth-order valence-corrected chi connectivity index (χ4v) is 4.52. The number of methoxy groups -OCH3 is 1. The summed E-state index contributed by atoms with van der Waals surface area (Å²) in [5.41, 5.74) is 2.16. The van der Waals surface area contributed by atoms with Crippen LogP contribution in [0.15, 0.2) is 72.0 Å². The first-order chi connectivity index (χ1) is 15.7. The molecule has 1 aliphatic rings. The number of aromatic nitrogens is 2. The molecule has 1 fully saturated rings. The van der Waals surface area contributed by atoms with Crippen molar-refractivity contribution in [2.45, 2.75) is 24.4 Å². The number of nitrogens with zero attached hydrogens (tertiary/aromatic N) is 3. The molecule has 0 spiro atoms. The van der Waals surface area contributed by atoms with Gasteiger partial charge in [0, 0.05) is 25.0 Å². The number of carbonyl (C=O) groups is 1. The van der Waals surface area contributed by atoms with E-state index in [-0.39, 0.29) is 11.7 Å². The van der Waals surface area contributed by atoms with Crippen LogP contribution in [-0.2, 0) is 11.2 Å². The third kappa shape index (κ3) is 6.23. The van der Waals surface area contributed by atoms with E-state index < -0.39 is 0 Å². The fraction of sp³-hybridized carbons (Fsp3) is 0.320. The van der Waals surface area contributed by atoms with E-state index in [0.717, 1.165) is 49.6 Å². The van der Waals surface area contributed by atoms with Crippen molar-refractivity contribution in [1.29, 1.82) is 0 Å². The molecule has 1 saturated heterocycles. The van der Waals surface area contributed by atoms with Gasteiger partial charge < -0.3 is 15.0 Å². The highest BCUT2D eigenvalue weighted by molar-refractivity contribution is 7.99. The number of hydrogen-bond acceptors (Lipinski definition) is 6. The molecular weight excluding hydrogens is 420 g/mol. The molecule has 4 rings (SSSR count). The van der Waals surface area contributed by atoms with Crippen LogP contribution in [0.2, 0.25) is 0 Å². The lowest BCUT2D eigenvalue weighted by molar-refractivity contribution is -0.113. The van der Waals surface area contributed by atoms with Crippen molar-refractivity contribution in [3.63, 3.8) is 0 Å². The number of nitrogens with one attached hydrogen (secondary N) is 1. The number of anilines is 2. The van der Waals surface area contributed by atoms with E-state index in [9.17, 15) is 4.79 Å². The molecule has 2 aromatic carbocycles. The van der Waals surface area contributed by atoms with Gasteiger partial charge in [-0.15, -0.1) is 0 Å². The molecule has 0 saturated carbocycles. The number of carbonyl (C=O) groups excluding carboxylic acids is 1. The van der Waals surface area contributed by atoms with Crippen LogP contribution in [0.3, 0.4) is 0 Å². The van der Waals surface area contributed by atoms with Gasteiger partial charge in [-0.3, -0.25) is 4.79 Å². The maximum Gasteiger partial charge on any atom is 0.234 e. The molecule has 0 bridgehead atoms. The normalized spacial score (nSPS) is 14.2. The molecule has 166 valence electrons. The van der Waals surface area contributed by atoms with Crippen molar-refractivity contribution in [3.05, 3.63) is 72.4 Å². The number of amides is 1. The number of hydrogen-bond donors (Lipinski definition) is 1. The van der Waals surface area contributed by atoms with Crippen LogP contribution in [0.25, 0.3) is 0 Å². The minimum Gasteiger partial charge on any atom is -0.497 e. The van der Waals surface area contributed by atoms with Gasteiger partial charge in [-0.2, -0.15) is 0 Å². The van der Waals surface area contributed by atoms with Gasteiger partial charge in [-0.1, -0.05) is 42.1 Å². The second-order valence-electron chi connectivity index (χ2n) is 7.88. The Morgan fingerprint density at radius 2 is 1.84 bits per heavy atom. The second-order valence-corrected chi connectivity index (χ2v) is 8.83. The highest BCUT2D eigenvalue weighted by atomic mass is 32.2. The first kappa shape index (κ1) is 22.1. The smallest absolute Gasteiger partial charge is 0.234 e. The summed E-state index contributed by atoms with van der Waals surface area (Å²) in [4.78, 5) is 23.6.